The van der Waals surface area contributed by atoms with Gasteiger partial charge < -0.3 is 0 Å². The summed E-state index contributed by atoms with van der Waals surface area (Å²) >= 11 is 5.52. The van der Waals surface area contributed by atoms with Crippen molar-refractivity contribution in [2.45, 2.75) is 5.88 Å². The standard InChI is InChI=1S/C7H5ClN2.ClH/c8-4-6-1-2-10-7(3-6)5-9;/h1-3H,4H2;1H. The number of rotatable bonds is 1. The molecule has 0 spiro atoms. The van der Waals surface area contributed by atoms with Crippen molar-refractivity contribution in [1.29, 1.82) is 5.26 Å². The van der Waals surface area contributed by atoms with Crippen LogP contribution in [-0.4, -0.2) is 4.98 Å². The van der Waals surface area contributed by atoms with E-state index in [1.807, 2.05) is 6.07 Å². The van der Waals surface area contributed by atoms with Crippen LogP contribution in [0.2, 0.25) is 0 Å². The largest absolute Gasteiger partial charge is 0.246 e. The molecule has 4 heteroatoms. The number of hydrogen-bond donors (Lipinski definition) is 0. The van der Waals surface area contributed by atoms with E-state index in [0.717, 1.165) is 5.56 Å². The van der Waals surface area contributed by atoms with Crippen LogP contribution >= 0.6 is 24.0 Å². The fraction of sp³-hybridized carbons (Fsp3) is 0.143. The molecule has 0 atom stereocenters. The average Bonchev–Trinajstić information content (AvgIpc) is 2.05. The highest BCUT2D eigenvalue weighted by Crippen LogP contribution is 2.03. The zero-order valence-corrected chi connectivity index (χ0v) is 7.19. The summed E-state index contributed by atoms with van der Waals surface area (Å²) in [5.41, 5.74) is 1.34. The van der Waals surface area contributed by atoms with Crippen molar-refractivity contribution in [3.05, 3.63) is 29.6 Å². The summed E-state index contributed by atoms with van der Waals surface area (Å²) in [6.45, 7) is 0. The van der Waals surface area contributed by atoms with Crippen molar-refractivity contribution in [3.63, 3.8) is 0 Å². The predicted octanol–water partition coefficient (Wildman–Crippen LogP) is 2.11. The Kier molecular flexibility index (Phi) is 4.60. The third-order valence-corrected chi connectivity index (χ3v) is 1.40. The second kappa shape index (κ2) is 4.95. The second-order valence-electron chi connectivity index (χ2n) is 1.79. The highest BCUT2D eigenvalue weighted by atomic mass is 35.5. The predicted molar refractivity (Wildman–Crippen MR) is 45.8 cm³/mol. The van der Waals surface area contributed by atoms with Gasteiger partial charge in [0.05, 0.1) is 0 Å². The molecule has 1 aromatic heterocycles. The zero-order valence-electron chi connectivity index (χ0n) is 5.62. The maximum atomic E-state index is 8.40. The van der Waals surface area contributed by atoms with Crippen molar-refractivity contribution in [2.24, 2.45) is 0 Å². The minimum Gasteiger partial charge on any atom is -0.246 e. The van der Waals surface area contributed by atoms with Gasteiger partial charge in [-0.3, -0.25) is 0 Å². The molecule has 0 amide bonds. The third kappa shape index (κ3) is 2.75. The summed E-state index contributed by atoms with van der Waals surface area (Å²) in [4.78, 5) is 3.79. The lowest BCUT2D eigenvalue weighted by molar-refractivity contribution is 1.22. The first-order valence-electron chi connectivity index (χ1n) is 2.78. The number of pyridine rings is 1. The SMILES string of the molecule is Cl.N#Cc1cc(CCl)ccn1. The molecule has 1 heterocycles. The summed E-state index contributed by atoms with van der Waals surface area (Å²) in [6, 6.07) is 5.39. The van der Waals surface area contributed by atoms with Crippen LogP contribution in [0, 0.1) is 11.3 Å². The Hall–Kier alpha value is -0.780. The molecule has 1 aromatic rings. The van der Waals surface area contributed by atoms with Gasteiger partial charge in [-0.05, 0) is 17.7 Å². The fourth-order valence-electron chi connectivity index (χ4n) is 0.619. The van der Waals surface area contributed by atoms with E-state index in [0.29, 0.717) is 11.6 Å². The molecule has 0 N–H and O–H groups in total. The molecule has 0 radical (unpaired) electrons. The monoisotopic (exact) mass is 188 g/mol. The van der Waals surface area contributed by atoms with Gasteiger partial charge in [0.2, 0.25) is 0 Å². The number of hydrogen-bond acceptors (Lipinski definition) is 2. The van der Waals surface area contributed by atoms with Gasteiger partial charge >= 0.3 is 0 Å². The van der Waals surface area contributed by atoms with Crippen LogP contribution in [0.15, 0.2) is 18.3 Å². The van der Waals surface area contributed by atoms with Crippen LogP contribution in [0.25, 0.3) is 0 Å². The molecule has 0 aliphatic carbocycles. The van der Waals surface area contributed by atoms with Crippen LogP contribution in [-0.2, 0) is 5.88 Å². The molecule has 0 unspecified atom stereocenters. The number of halogens is 2. The Morgan fingerprint density at radius 2 is 2.36 bits per heavy atom. The van der Waals surface area contributed by atoms with Crippen molar-refractivity contribution < 1.29 is 0 Å². The van der Waals surface area contributed by atoms with Gasteiger partial charge in [-0.1, -0.05) is 0 Å². The summed E-state index contributed by atoms with van der Waals surface area (Å²) < 4.78 is 0. The lowest BCUT2D eigenvalue weighted by Gasteiger charge is -1.91. The van der Waals surface area contributed by atoms with E-state index in [4.69, 9.17) is 16.9 Å². The van der Waals surface area contributed by atoms with Crippen molar-refractivity contribution in [2.75, 3.05) is 0 Å². The van der Waals surface area contributed by atoms with Crippen molar-refractivity contribution in [1.82, 2.24) is 4.98 Å². The van der Waals surface area contributed by atoms with Crippen molar-refractivity contribution >= 4 is 24.0 Å². The Morgan fingerprint density at radius 1 is 1.64 bits per heavy atom. The Balaban J connectivity index is 0.000001000. The number of nitrogens with zero attached hydrogens (tertiary/aromatic N) is 2. The van der Waals surface area contributed by atoms with E-state index >= 15 is 0 Å². The lowest BCUT2D eigenvalue weighted by Crippen LogP contribution is -1.83. The molecule has 0 fully saturated rings. The van der Waals surface area contributed by atoms with Crippen LogP contribution in [0.3, 0.4) is 0 Å². The first kappa shape index (κ1) is 10.2. The molecule has 0 aromatic carbocycles. The molecule has 11 heavy (non-hydrogen) atoms. The lowest BCUT2D eigenvalue weighted by atomic mass is 10.2. The summed E-state index contributed by atoms with van der Waals surface area (Å²) in [5, 5.41) is 8.40. The minimum absolute atomic E-state index is 0. The van der Waals surface area contributed by atoms with E-state index in [2.05, 4.69) is 4.98 Å². The first-order chi connectivity index (χ1) is 4.86. The second-order valence-corrected chi connectivity index (χ2v) is 2.06. The molecule has 0 aliphatic rings. The first-order valence-corrected chi connectivity index (χ1v) is 3.31. The highest BCUT2D eigenvalue weighted by Gasteiger charge is 1.92. The molecular formula is C7H6Cl2N2. The van der Waals surface area contributed by atoms with Gasteiger partial charge in [-0.25, -0.2) is 4.98 Å². The molecule has 0 saturated carbocycles. The van der Waals surface area contributed by atoms with E-state index in [1.54, 1.807) is 18.3 Å². The summed E-state index contributed by atoms with van der Waals surface area (Å²) in [6.07, 6.45) is 1.58. The number of nitriles is 1. The fourth-order valence-corrected chi connectivity index (χ4v) is 0.785. The summed E-state index contributed by atoms with van der Waals surface area (Å²) in [7, 11) is 0. The topological polar surface area (TPSA) is 36.7 Å². The molecule has 58 valence electrons. The zero-order chi connectivity index (χ0) is 7.40. The van der Waals surface area contributed by atoms with Gasteiger partial charge in [0.25, 0.3) is 0 Å². The van der Waals surface area contributed by atoms with E-state index in [9.17, 15) is 0 Å². The van der Waals surface area contributed by atoms with E-state index < -0.39 is 0 Å². The van der Waals surface area contributed by atoms with Crippen molar-refractivity contribution in [3.8, 4) is 6.07 Å². The Morgan fingerprint density at radius 3 is 2.91 bits per heavy atom. The highest BCUT2D eigenvalue weighted by molar-refractivity contribution is 6.17. The Labute approximate surface area is 76.2 Å². The van der Waals surface area contributed by atoms with E-state index in [1.165, 1.54) is 0 Å². The van der Waals surface area contributed by atoms with Gasteiger partial charge in [0.1, 0.15) is 11.8 Å². The Bertz CT molecular complexity index is 267. The quantitative estimate of drug-likeness (QED) is 0.634. The molecule has 0 aliphatic heterocycles. The van der Waals surface area contributed by atoms with Gasteiger partial charge in [-0.2, -0.15) is 5.26 Å². The maximum absolute atomic E-state index is 8.40. The number of aromatic nitrogens is 1. The minimum atomic E-state index is 0. The van der Waals surface area contributed by atoms with Gasteiger partial charge in [-0.15, -0.1) is 24.0 Å². The van der Waals surface area contributed by atoms with E-state index in [-0.39, 0.29) is 12.4 Å². The molecule has 1 rings (SSSR count). The van der Waals surface area contributed by atoms with Crippen LogP contribution in [0.4, 0.5) is 0 Å². The molecular weight excluding hydrogens is 183 g/mol. The van der Waals surface area contributed by atoms with Gasteiger partial charge in [0.15, 0.2) is 0 Å². The number of alkyl halides is 1. The van der Waals surface area contributed by atoms with Crippen LogP contribution < -0.4 is 0 Å². The molecule has 0 saturated heterocycles. The maximum Gasteiger partial charge on any atom is 0.140 e. The van der Waals surface area contributed by atoms with Crippen LogP contribution in [0.1, 0.15) is 11.3 Å². The molecule has 2 nitrogen and oxygen atoms in total. The van der Waals surface area contributed by atoms with Crippen LogP contribution in [0.5, 0.6) is 0 Å². The normalized spacial score (nSPS) is 8.00. The summed E-state index contributed by atoms with van der Waals surface area (Å²) in [5.74, 6) is 0.428. The smallest absolute Gasteiger partial charge is 0.140 e. The average molecular weight is 189 g/mol. The van der Waals surface area contributed by atoms with Gasteiger partial charge in [0, 0.05) is 12.1 Å². The molecule has 0 bridgehead atoms. The third-order valence-electron chi connectivity index (χ3n) is 1.09.